The highest BCUT2D eigenvalue weighted by Gasteiger charge is 2.44. The summed E-state index contributed by atoms with van der Waals surface area (Å²) in [6.45, 7) is 2.07. The van der Waals surface area contributed by atoms with Gasteiger partial charge in [-0.1, -0.05) is 23.8 Å². The molecule has 1 aliphatic rings. The molecule has 7 heteroatoms. The van der Waals surface area contributed by atoms with Crippen LogP contribution in [0.5, 0.6) is 5.75 Å². The molecule has 1 aromatic heterocycles. The van der Waals surface area contributed by atoms with Crippen LogP contribution in [0.2, 0.25) is 0 Å². The Labute approximate surface area is 186 Å². The maximum absolute atomic E-state index is 13.5. The zero-order valence-electron chi connectivity index (χ0n) is 17.9. The standard InChI is InChI=1S/C25H23N3O4/c1-17-5-3-7-19(13-17)24(30)27(16-18-6-4-12-26-15-18)22-14-23(29)28(25(22)31)20-8-10-21(32-2)11-9-20/h3-13,15,22H,14,16H2,1-2H3. The van der Waals surface area contributed by atoms with E-state index in [4.69, 9.17) is 4.74 Å². The average molecular weight is 429 g/mol. The van der Waals surface area contributed by atoms with Gasteiger partial charge in [0.05, 0.1) is 19.2 Å². The Morgan fingerprint density at radius 3 is 2.56 bits per heavy atom. The summed E-state index contributed by atoms with van der Waals surface area (Å²) in [7, 11) is 1.55. The summed E-state index contributed by atoms with van der Waals surface area (Å²) < 4.78 is 5.15. The summed E-state index contributed by atoms with van der Waals surface area (Å²) in [6, 6.07) is 16.6. The van der Waals surface area contributed by atoms with Gasteiger partial charge in [0.2, 0.25) is 5.91 Å². The molecular formula is C25H23N3O4. The Balaban J connectivity index is 1.67. The molecule has 0 aliphatic carbocycles. The number of ether oxygens (including phenoxy) is 1. The van der Waals surface area contributed by atoms with Gasteiger partial charge in [-0.2, -0.15) is 0 Å². The summed E-state index contributed by atoms with van der Waals surface area (Å²) in [5.74, 6) is -0.457. The molecule has 1 aliphatic heterocycles. The Morgan fingerprint density at radius 2 is 1.91 bits per heavy atom. The number of nitrogens with zero attached hydrogens (tertiary/aromatic N) is 3. The topological polar surface area (TPSA) is 79.8 Å². The molecule has 0 N–H and O–H groups in total. The van der Waals surface area contributed by atoms with Crippen LogP contribution < -0.4 is 9.64 Å². The minimum absolute atomic E-state index is 0.0807. The molecule has 7 nitrogen and oxygen atoms in total. The quantitative estimate of drug-likeness (QED) is 0.562. The van der Waals surface area contributed by atoms with Gasteiger partial charge in [-0.25, -0.2) is 4.90 Å². The number of amides is 3. The van der Waals surface area contributed by atoms with Crippen LogP contribution >= 0.6 is 0 Å². The number of hydrogen-bond donors (Lipinski definition) is 0. The van der Waals surface area contributed by atoms with Crippen molar-refractivity contribution < 1.29 is 19.1 Å². The van der Waals surface area contributed by atoms with Gasteiger partial charge >= 0.3 is 0 Å². The monoisotopic (exact) mass is 429 g/mol. The van der Waals surface area contributed by atoms with Crippen LogP contribution in [0.1, 0.15) is 27.9 Å². The predicted octanol–water partition coefficient (Wildman–Crippen LogP) is 3.37. The van der Waals surface area contributed by atoms with E-state index in [0.717, 1.165) is 16.0 Å². The highest BCUT2D eigenvalue weighted by atomic mass is 16.5. The Bertz CT molecular complexity index is 1150. The first-order chi connectivity index (χ1) is 15.5. The van der Waals surface area contributed by atoms with Gasteiger partial charge < -0.3 is 9.64 Å². The highest BCUT2D eigenvalue weighted by Crippen LogP contribution is 2.29. The lowest BCUT2D eigenvalue weighted by molar-refractivity contribution is -0.122. The van der Waals surface area contributed by atoms with Gasteiger partial charge in [0.15, 0.2) is 0 Å². The van der Waals surface area contributed by atoms with E-state index >= 15 is 0 Å². The number of rotatable bonds is 6. The van der Waals surface area contributed by atoms with Gasteiger partial charge in [-0.05, 0) is 55.0 Å². The number of methoxy groups -OCH3 is 1. The third-order valence-electron chi connectivity index (χ3n) is 5.43. The SMILES string of the molecule is COc1ccc(N2C(=O)CC(N(Cc3cccnc3)C(=O)c3cccc(C)c3)C2=O)cc1. The maximum Gasteiger partial charge on any atom is 0.257 e. The molecule has 2 heterocycles. The van der Waals surface area contributed by atoms with Crippen LogP contribution in [0.25, 0.3) is 0 Å². The molecule has 0 saturated carbocycles. The molecule has 2 aromatic carbocycles. The van der Waals surface area contributed by atoms with Gasteiger partial charge in [-0.3, -0.25) is 19.4 Å². The van der Waals surface area contributed by atoms with Crippen molar-refractivity contribution in [3.8, 4) is 5.75 Å². The summed E-state index contributed by atoms with van der Waals surface area (Å²) in [6.07, 6.45) is 3.22. The van der Waals surface area contributed by atoms with E-state index in [0.29, 0.717) is 17.0 Å². The fraction of sp³-hybridized carbons (Fsp3) is 0.200. The minimum Gasteiger partial charge on any atom is -0.497 e. The summed E-state index contributed by atoms with van der Waals surface area (Å²) in [5.41, 5.74) is 2.63. The number of imide groups is 1. The lowest BCUT2D eigenvalue weighted by Crippen LogP contribution is -2.45. The molecule has 1 atom stereocenters. The molecular weight excluding hydrogens is 406 g/mol. The number of benzene rings is 2. The highest BCUT2D eigenvalue weighted by molar-refractivity contribution is 6.23. The van der Waals surface area contributed by atoms with Gasteiger partial charge in [-0.15, -0.1) is 0 Å². The van der Waals surface area contributed by atoms with Crippen LogP contribution in [0.3, 0.4) is 0 Å². The Kier molecular flexibility index (Phi) is 5.98. The van der Waals surface area contributed by atoms with Crippen molar-refractivity contribution in [3.05, 3.63) is 89.7 Å². The Hall–Kier alpha value is -4.00. The zero-order valence-corrected chi connectivity index (χ0v) is 17.9. The molecule has 162 valence electrons. The summed E-state index contributed by atoms with van der Waals surface area (Å²) in [5, 5.41) is 0. The molecule has 0 spiro atoms. The van der Waals surface area contributed by atoms with Crippen molar-refractivity contribution in [1.82, 2.24) is 9.88 Å². The fourth-order valence-corrected chi connectivity index (χ4v) is 3.82. The second-order valence-electron chi connectivity index (χ2n) is 7.65. The van der Waals surface area contributed by atoms with Crippen molar-refractivity contribution in [1.29, 1.82) is 0 Å². The number of hydrogen-bond acceptors (Lipinski definition) is 5. The van der Waals surface area contributed by atoms with Crippen molar-refractivity contribution in [3.63, 3.8) is 0 Å². The third kappa shape index (κ3) is 4.23. The smallest absolute Gasteiger partial charge is 0.257 e. The van der Waals surface area contributed by atoms with E-state index in [1.54, 1.807) is 68.0 Å². The first-order valence-corrected chi connectivity index (χ1v) is 10.3. The van der Waals surface area contributed by atoms with Gasteiger partial charge in [0.1, 0.15) is 11.8 Å². The van der Waals surface area contributed by atoms with Crippen molar-refractivity contribution in [2.24, 2.45) is 0 Å². The molecule has 4 rings (SSSR count). The predicted molar refractivity (Wildman–Crippen MR) is 119 cm³/mol. The zero-order chi connectivity index (χ0) is 22.7. The maximum atomic E-state index is 13.5. The number of aromatic nitrogens is 1. The molecule has 1 saturated heterocycles. The third-order valence-corrected chi connectivity index (χ3v) is 5.43. The second-order valence-corrected chi connectivity index (χ2v) is 7.65. The van der Waals surface area contributed by atoms with E-state index in [1.807, 2.05) is 19.1 Å². The largest absolute Gasteiger partial charge is 0.497 e. The van der Waals surface area contributed by atoms with Crippen molar-refractivity contribution in [2.45, 2.75) is 25.9 Å². The molecule has 0 radical (unpaired) electrons. The molecule has 32 heavy (non-hydrogen) atoms. The van der Waals surface area contributed by atoms with Gasteiger partial charge in [0.25, 0.3) is 11.8 Å². The first kappa shape index (κ1) is 21.2. The summed E-state index contributed by atoms with van der Waals surface area (Å²) >= 11 is 0. The molecule has 1 fully saturated rings. The molecule has 3 amide bonds. The van der Waals surface area contributed by atoms with Crippen molar-refractivity contribution in [2.75, 3.05) is 12.0 Å². The lowest BCUT2D eigenvalue weighted by Gasteiger charge is -2.28. The van der Waals surface area contributed by atoms with E-state index < -0.39 is 11.9 Å². The lowest BCUT2D eigenvalue weighted by atomic mass is 10.1. The van der Waals surface area contributed by atoms with Crippen molar-refractivity contribution >= 4 is 23.4 Å². The summed E-state index contributed by atoms with van der Waals surface area (Å²) in [4.78, 5) is 46.4. The van der Waals surface area contributed by atoms with E-state index in [1.165, 1.54) is 4.90 Å². The van der Waals surface area contributed by atoms with Crippen LogP contribution in [-0.2, 0) is 16.1 Å². The molecule has 3 aromatic rings. The van der Waals surface area contributed by atoms with Crippen LogP contribution in [0.4, 0.5) is 5.69 Å². The van der Waals surface area contributed by atoms with Crippen LogP contribution in [0.15, 0.2) is 73.1 Å². The minimum atomic E-state index is -0.905. The fourth-order valence-electron chi connectivity index (χ4n) is 3.82. The van der Waals surface area contributed by atoms with E-state index in [2.05, 4.69) is 4.98 Å². The van der Waals surface area contributed by atoms with E-state index in [9.17, 15) is 14.4 Å². The van der Waals surface area contributed by atoms with E-state index in [-0.39, 0.29) is 24.8 Å². The molecule has 1 unspecified atom stereocenters. The molecule has 0 bridgehead atoms. The van der Waals surface area contributed by atoms with Crippen LogP contribution in [0, 0.1) is 6.92 Å². The number of carbonyl (C=O) groups is 3. The van der Waals surface area contributed by atoms with Crippen LogP contribution in [-0.4, -0.2) is 40.8 Å². The number of aryl methyl sites for hydroxylation is 1. The average Bonchev–Trinajstić information content (AvgIpc) is 3.11. The number of carbonyl (C=O) groups excluding carboxylic acids is 3. The number of pyridine rings is 1. The Morgan fingerprint density at radius 1 is 1.12 bits per heavy atom. The number of anilines is 1. The second kappa shape index (κ2) is 9.01. The van der Waals surface area contributed by atoms with Gasteiger partial charge in [0, 0.05) is 24.5 Å². The first-order valence-electron chi connectivity index (χ1n) is 10.3. The normalized spacial score (nSPS) is 15.7.